The molecule has 2 unspecified atom stereocenters. The second kappa shape index (κ2) is 24.1. The van der Waals surface area contributed by atoms with Crippen LogP contribution in [-0.4, -0.2) is 33.8 Å². The number of carbonyl (C=O) groups excluding carboxylic acids is 4. The number of hydrogen-bond donors (Lipinski definition) is 6. The lowest BCUT2D eigenvalue weighted by Crippen LogP contribution is -2.50. The van der Waals surface area contributed by atoms with E-state index < -0.39 is 35.5 Å². The molecule has 2 rings (SSSR count). The van der Waals surface area contributed by atoms with Gasteiger partial charge in [-0.2, -0.15) is 0 Å². The number of para-hydroxylation sites is 2. The molecule has 0 aromatic heterocycles. The Bertz CT molecular complexity index is 1350. The summed E-state index contributed by atoms with van der Waals surface area (Å²) in [6, 6.07) is 10.0. The molecule has 50 heavy (non-hydrogen) atoms. The molecule has 0 aliphatic carbocycles. The molecule has 6 N–H and O–H groups in total. The molecule has 0 saturated heterocycles. The monoisotopic (exact) mass is 694 g/mol. The summed E-state index contributed by atoms with van der Waals surface area (Å²) in [6.07, 6.45) is 17.2. The number of phenols is 2. The minimum Gasteiger partial charge on any atom is -0.507 e. The Hall–Kier alpha value is -4.08. The number of unbranched alkanes of at least 4 members (excludes halogenated alkanes) is 12. The molecule has 10 heteroatoms. The van der Waals surface area contributed by atoms with Gasteiger partial charge in [-0.3, -0.25) is 40.9 Å². The van der Waals surface area contributed by atoms with Gasteiger partial charge in [-0.1, -0.05) is 135 Å². The summed E-state index contributed by atoms with van der Waals surface area (Å²) in [7, 11) is 0. The van der Waals surface area contributed by atoms with Gasteiger partial charge in [0.1, 0.15) is 11.5 Å². The van der Waals surface area contributed by atoms with E-state index in [-0.39, 0.29) is 22.6 Å². The molecule has 4 amide bonds. The van der Waals surface area contributed by atoms with Gasteiger partial charge in [-0.05, 0) is 55.4 Å². The fraction of sp³-hybridized carbons (Fsp3) is 0.600. The lowest BCUT2D eigenvalue weighted by molar-refractivity contribution is -0.135. The first kappa shape index (κ1) is 42.1. The highest BCUT2D eigenvalue weighted by Crippen LogP contribution is 2.26. The average Bonchev–Trinajstić information content (AvgIpc) is 3.11. The molecule has 0 saturated carbocycles. The van der Waals surface area contributed by atoms with Crippen molar-refractivity contribution in [3.05, 3.63) is 58.7 Å². The number of hydrogen-bond acceptors (Lipinski definition) is 6. The Kier molecular flexibility index (Phi) is 20.3. The van der Waals surface area contributed by atoms with Crippen LogP contribution in [0, 0.1) is 11.8 Å². The van der Waals surface area contributed by atoms with Crippen LogP contribution < -0.4 is 21.7 Å². The standard InChI is InChI=1S/C40H62N4O6/c1-5-8-11-14-17-22-30-24-20-27-33(35(30)45)39(49)43-41-37(47)29(4)32(26-19-16-13-10-7-3)38(48)42-44-40(50)34-28-21-25-31(36(34)46)23-18-15-12-9-6-2/h20-21,24-25,27-29,32,45-46H,5-19,22-23,26H2,1-4H3,(H,41,47)(H,42,48)(H,43,49)(H,44,50). The van der Waals surface area contributed by atoms with E-state index in [1.54, 1.807) is 31.2 Å². The van der Waals surface area contributed by atoms with Crippen LogP contribution in [0.2, 0.25) is 0 Å². The van der Waals surface area contributed by atoms with Gasteiger partial charge in [0.2, 0.25) is 11.8 Å². The molecule has 0 aliphatic rings. The molecule has 0 aliphatic heterocycles. The van der Waals surface area contributed by atoms with Crippen LogP contribution in [0.25, 0.3) is 0 Å². The van der Waals surface area contributed by atoms with Crippen molar-refractivity contribution in [3.8, 4) is 11.5 Å². The molecule has 278 valence electrons. The van der Waals surface area contributed by atoms with Gasteiger partial charge in [0.15, 0.2) is 0 Å². The van der Waals surface area contributed by atoms with Crippen molar-refractivity contribution in [2.45, 2.75) is 143 Å². The first-order chi connectivity index (χ1) is 24.2. The normalized spacial score (nSPS) is 12.2. The molecule has 2 aromatic rings. The predicted octanol–water partition coefficient (Wildman–Crippen LogP) is 7.96. The van der Waals surface area contributed by atoms with E-state index in [9.17, 15) is 29.4 Å². The lowest BCUT2D eigenvalue weighted by Gasteiger charge is -2.23. The van der Waals surface area contributed by atoms with Crippen LogP contribution in [0.1, 0.15) is 162 Å². The molecule has 2 atom stereocenters. The summed E-state index contributed by atoms with van der Waals surface area (Å²) in [5, 5.41) is 21.6. The number of hydrazine groups is 2. The molecule has 0 bridgehead atoms. The maximum absolute atomic E-state index is 13.4. The molecular formula is C40H62N4O6. The number of aromatic hydroxyl groups is 2. The van der Waals surface area contributed by atoms with Crippen molar-refractivity contribution < 1.29 is 29.4 Å². The van der Waals surface area contributed by atoms with Gasteiger partial charge < -0.3 is 10.2 Å². The van der Waals surface area contributed by atoms with Crippen molar-refractivity contribution in [1.29, 1.82) is 0 Å². The Balaban J connectivity index is 2.03. The second-order valence-corrected chi connectivity index (χ2v) is 13.4. The largest absolute Gasteiger partial charge is 0.507 e. The van der Waals surface area contributed by atoms with Crippen molar-refractivity contribution in [2.75, 3.05) is 0 Å². The fourth-order valence-electron chi connectivity index (χ4n) is 6.13. The maximum atomic E-state index is 13.4. The van der Waals surface area contributed by atoms with Gasteiger partial charge in [-0.15, -0.1) is 0 Å². The maximum Gasteiger partial charge on any atom is 0.273 e. The van der Waals surface area contributed by atoms with Crippen molar-refractivity contribution in [2.24, 2.45) is 11.8 Å². The summed E-state index contributed by atoms with van der Waals surface area (Å²) >= 11 is 0. The van der Waals surface area contributed by atoms with E-state index in [0.29, 0.717) is 36.8 Å². The molecule has 2 aromatic carbocycles. The number of benzene rings is 2. The van der Waals surface area contributed by atoms with Gasteiger partial charge in [0.25, 0.3) is 11.8 Å². The van der Waals surface area contributed by atoms with Crippen LogP contribution in [0.3, 0.4) is 0 Å². The van der Waals surface area contributed by atoms with E-state index in [1.807, 2.05) is 0 Å². The van der Waals surface area contributed by atoms with Crippen LogP contribution in [0.15, 0.2) is 36.4 Å². The second-order valence-electron chi connectivity index (χ2n) is 13.4. The van der Waals surface area contributed by atoms with Gasteiger partial charge in [0, 0.05) is 5.92 Å². The Morgan fingerprint density at radius 3 is 1.38 bits per heavy atom. The first-order valence-electron chi connectivity index (χ1n) is 19.0. The number of phenolic OH excluding ortho intramolecular Hbond substituents is 2. The number of aryl methyl sites for hydroxylation is 2. The van der Waals surface area contributed by atoms with E-state index in [4.69, 9.17) is 0 Å². The quantitative estimate of drug-likeness (QED) is 0.0512. The molecule has 0 spiro atoms. The predicted molar refractivity (Wildman–Crippen MR) is 198 cm³/mol. The Morgan fingerprint density at radius 2 is 0.940 bits per heavy atom. The third-order valence-corrected chi connectivity index (χ3v) is 9.40. The third kappa shape index (κ3) is 14.4. The summed E-state index contributed by atoms with van der Waals surface area (Å²) in [6.45, 7) is 8.03. The molecular weight excluding hydrogens is 632 g/mol. The number of nitrogens with one attached hydrogen (secondary N) is 4. The van der Waals surface area contributed by atoms with Crippen LogP contribution in [0.5, 0.6) is 11.5 Å². The first-order valence-corrected chi connectivity index (χ1v) is 19.0. The molecule has 0 fully saturated rings. The molecule has 10 nitrogen and oxygen atoms in total. The number of amides is 4. The molecule has 0 heterocycles. The topological polar surface area (TPSA) is 157 Å². The Morgan fingerprint density at radius 1 is 0.540 bits per heavy atom. The highest BCUT2D eigenvalue weighted by molar-refractivity contribution is 5.99. The van der Waals surface area contributed by atoms with Crippen molar-refractivity contribution in [3.63, 3.8) is 0 Å². The van der Waals surface area contributed by atoms with Gasteiger partial charge in [0.05, 0.1) is 17.0 Å². The van der Waals surface area contributed by atoms with Crippen LogP contribution in [0.4, 0.5) is 0 Å². The minimum atomic E-state index is -0.856. The zero-order chi connectivity index (χ0) is 36.7. The average molecular weight is 695 g/mol. The summed E-state index contributed by atoms with van der Waals surface area (Å²) in [4.78, 5) is 52.7. The zero-order valence-corrected chi connectivity index (χ0v) is 30.9. The van der Waals surface area contributed by atoms with E-state index in [2.05, 4.69) is 42.5 Å². The van der Waals surface area contributed by atoms with Crippen molar-refractivity contribution >= 4 is 23.6 Å². The number of rotatable bonds is 23. The Labute approximate surface area is 299 Å². The minimum absolute atomic E-state index is 0.0563. The van der Waals surface area contributed by atoms with Crippen LogP contribution >= 0.6 is 0 Å². The van der Waals surface area contributed by atoms with Crippen molar-refractivity contribution in [1.82, 2.24) is 21.7 Å². The fourth-order valence-corrected chi connectivity index (χ4v) is 6.13. The number of carbonyl (C=O) groups is 4. The smallest absolute Gasteiger partial charge is 0.273 e. The van der Waals surface area contributed by atoms with Gasteiger partial charge >= 0.3 is 0 Å². The summed E-state index contributed by atoms with van der Waals surface area (Å²) < 4.78 is 0. The zero-order valence-electron chi connectivity index (χ0n) is 30.9. The lowest BCUT2D eigenvalue weighted by atomic mass is 9.87. The molecule has 0 radical (unpaired) electrons. The van der Waals surface area contributed by atoms with E-state index >= 15 is 0 Å². The summed E-state index contributed by atoms with van der Waals surface area (Å²) in [5.41, 5.74) is 11.2. The highest BCUT2D eigenvalue weighted by atomic mass is 16.3. The third-order valence-electron chi connectivity index (χ3n) is 9.40. The van der Waals surface area contributed by atoms with Gasteiger partial charge in [-0.25, -0.2) is 0 Å². The summed E-state index contributed by atoms with van der Waals surface area (Å²) in [5.74, 6) is -4.30. The highest BCUT2D eigenvalue weighted by Gasteiger charge is 2.31. The SMILES string of the molecule is CCCCCCCc1cccc(C(=O)NNC(=O)C(C)C(CCCCCCC)C(=O)NNC(=O)c2cccc(CCCCCCC)c2O)c1O. The van der Waals surface area contributed by atoms with E-state index in [0.717, 1.165) is 77.0 Å². The van der Waals surface area contributed by atoms with Crippen LogP contribution in [-0.2, 0) is 22.4 Å². The van der Waals surface area contributed by atoms with E-state index in [1.165, 1.54) is 25.0 Å².